The van der Waals surface area contributed by atoms with Crippen molar-refractivity contribution in [2.75, 3.05) is 0 Å². The Morgan fingerprint density at radius 3 is 2.37 bits per heavy atom. The smallest absolute Gasteiger partial charge is 0.174 e. The summed E-state index contributed by atoms with van der Waals surface area (Å²) in [4.78, 5) is 8.49. The molecular formula is C22H30FN3O. The van der Waals surface area contributed by atoms with Crippen LogP contribution in [0.4, 0.5) is 4.39 Å². The second kappa shape index (κ2) is 11.8. The summed E-state index contributed by atoms with van der Waals surface area (Å²) in [5.74, 6) is -1.02. The highest BCUT2D eigenvalue weighted by Gasteiger charge is 2.09. The van der Waals surface area contributed by atoms with Crippen LogP contribution in [0.25, 0.3) is 11.0 Å². The molecule has 1 heterocycles. The number of halogens is 1. The number of aliphatic hydroxyl groups excluding tert-OH is 1. The van der Waals surface area contributed by atoms with E-state index in [2.05, 4.69) is 29.1 Å². The molecule has 2 aromatic rings. The third kappa shape index (κ3) is 7.21. The normalized spacial score (nSPS) is 13.0. The molecule has 0 saturated heterocycles. The highest BCUT2D eigenvalue weighted by molar-refractivity contribution is 5.74. The van der Waals surface area contributed by atoms with Crippen LogP contribution in [-0.2, 0) is 6.54 Å². The lowest BCUT2D eigenvalue weighted by Crippen LogP contribution is -2.15. The van der Waals surface area contributed by atoms with Crippen LogP contribution >= 0.6 is 0 Å². The van der Waals surface area contributed by atoms with E-state index >= 15 is 0 Å². The molecular weight excluding hydrogens is 341 g/mol. The van der Waals surface area contributed by atoms with Gasteiger partial charge in [0.05, 0.1) is 16.7 Å². The second-order valence-corrected chi connectivity index (χ2v) is 6.18. The standard InChI is InChI=1S/C19H22FN3O.C3H8/c1-4-13(3)10-15(20)19(24)16(5-2)23-12-14-6-7-17-18(11-14)22-9-8-21-17;1-3-2/h5-11,23-24H,4,12H2,1-3H3;3H2,1-2H3/b13-10+,16-5+,19-15-;. The molecule has 4 nitrogen and oxygen atoms in total. The van der Waals surface area contributed by atoms with E-state index in [4.69, 9.17) is 0 Å². The molecule has 0 fully saturated rings. The molecule has 5 heteroatoms. The Bertz CT molecular complexity index is 825. The van der Waals surface area contributed by atoms with E-state index in [-0.39, 0.29) is 5.76 Å². The number of rotatable bonds is 6. The van der Waals surface area contributed by atoms with E-state index in [0.717, 1.165) is 28.6 Å². The fourth-order valence-corrected chi connectivity index (χ4v) is 2.15. The van der Waals surface area contributed by atoms with Gasteiger partial charge in [0.1, 0.15) is 0 Å². The van der Waals surface area contributed by atoms with Gasteiger partial charge >= 0.3 is 0 Å². The Hall–Kier alpha value is -2.69. The van der Waals surface area contributed by atoms with Gasteiger partial charge in [0.15, 0.2) is 11.6 Å². The quantitative estimate of drug-likeness (QED) is 0.473. The molecule has 0 saturated carbocycles. The largest absolute Gasteiger partial charge is 0.503 e. The first kappa shape index (κ1) is 22.4. The number of aliphatic hydroxyl groups is 1. The molecule has 0 atom stereocenters. The van der Waals surface area contributed by atoms with Gasteiger partial charge in [-0.2, -0.15) is 0 Å². The zero-order valence-corrected chi connectivity index (χ0v) is 16.9. The minimum Gasteiger partial charge on any atom is -0.503 e. The first-order chi connectivity index (χ1) is 13.0. The average molecular weight is 372 g/mol. The highest BCUT2D eigenvalue weighted by atomic mass is 19.1. The first-order valence-electron chi connectivity index (χ1n) is 9.32. The van der Waals surface area contributed by atoms with Gasteiger partial charge < -0.3 is 10.4 Å². The van der Waals surface area contributed by atoms with Crippen LogP contribution in [-0.4, -0.2) is 15.1 Å². The van der Waals surface area contributed by atoms with Crippen molar-refractivity contribution in [1.82, 2.24) is 15.3 Å². The van der Waals surface area contributed by atoms with E-state index in [1.807, 2.05) is 32.0 Å². The summed E-state index contributed by atoms with van der Waals surface area (Å²) in [7, 11) is 0. The molecule has 27 heavy (non-hydrogen) atoms. The number of aromatic nitrogens is 2. The lowest BCUT2D eigenvalue weighted by Gasteiger charge is -2.11. The van der Waals surface area contributed by atoms with Crippen LogP contribution in [0, 0.1) is 0 Å². The van der Waals surface area contributed by atoms with Crippen LogP contribution in [0.2, 0.25) is 0 Å². The van der Waals surface area contributed by atoms with Gasteiger partial charge in [-0.3, -0.25) is 9.97 Å². The zero-order chi connectivity index (χ0) is 20.2. The van der Waals surface area contributed by atoms with Gasteiger partial charge in [-0.25, -0.2) is 4.39 Å². The van der Waals surface area contributed by atoms with E-state index in [9.17, 15) is 9.50 Å². The van der Waals surface area contributed by atoms with E-state index < -0.39 is 5.83 Å². The van der Waals surface area contributed by atoms with Crippen molar-refractivity contribution >= 4 is 11.0 Å². The van der Waals surface area contributed by atoms with Crippen molar-refractivity contribution in [1.29, 1.82) is 0 Å². The Labute approximate surface area is 161 Å². The number of nitrogens with zero attached hydrogens (tertiary/aromatic N) is 2. The van der Waals surface area contributed by atoms with Crippen molar-refractivity contribution in [2.24, 2.45) is 0 Å². The highest BCUT2D eigenvalue weighted by Crippen LogP contribution is 2.17. The maximum absolute atomic E-state index is 14.1. The van der Waals surface area contributed by atoms with Gasteiger partial charge in [0.25, 0.3) is 0 Å². The SMILES string of the molecule is CCC.C\C=C(NCc1ccc2nccnc2c1)/C(O)=C(F)\C=C(/C)CC. The van der Waals surface area contributed by atoms with Crippen LogP contribution in [0.3, 0.4) is 0 Å². The fraction of sp³-hybridized carbons (Fsp3) is 0.364. The van der Waals surface area contributed by atoms with Gasteiger partial charge in [-0.15, -0.1) is 0 Å². The average Bonchev–Trinajstić information content (AvgIpc) is 2.68. The Morgan fingerprint density at radius 1 is 1.15 bits per heavy atom. The third-order valence-corrected chi connectivity index (χ3v) is 3.72. The molecule has 146 valence electrons. The maximum Gasteiger partial charge on any atom is 0.174 e. The van der Waals surface area contributed by atoms with E-state index in [1.165, 1.54) is 12.5 Å². The molecule has 1 aromatic carbocycles. The van der Waals surface area contributed by atoms with Crippen LogP contribution < -0.4 is 5.32 Å². The molecule has 0 spiro atoms. The van der Waals surface area contributed by atoms with Gasteiger partial charge in [0.2, 0.25) is 0 Å². The zero-order valence-electron chi connectivity index (χ0n) is 16.9. The minimum atomic E-state index is -0.640. The topological polar surface area (TPSA) is 58.0 Å². The molecule has 0 aliphatic rings. The molecule has 0 aliphatic heterocycles. The monoisotopic (exact) mass is 371 g/mol. The van der Waals surface area contributed by atoms with Crippen molar-refractivity contribution in [3.8, 4) is 0 Å². The molecule has 0 aliphatic carbocycles. The lowest BCUT2D eigenvalue weighted by atomic mass is 10.1. The van der Waals surface area contributed by atoms with E-state index in [0.29, 0.717) is 12.2 Å². The summed E-state index contributed by atoms with van der Waals surface area (Å²) < 4.78 is 14.1. The number of fused-ring (bicyclic) bond motifs is 1. The fourth-order valence-electron chi connectivity index (χ4n) is 2.15. The van der Waals surface area contributed by atoms with E-state index in [1.54, 1.807) is 25.4 Å². The Kier molecular flexibility index (Phi) is 9.80. The van der Waals surface area contributed by atoms with Gasteiger partial charge in [-0.1, -0.05) is 44.9 Å². The third-order valence-electron chi connectivity index (χ3n) is 3.72. The summed E-state index contributed by atoms with van der Waals surface area (Å²) in [6, 6.07) is 5.73. The second-order valence-electron chi connectivity index (χ2n) is 6.18. The molecule has 0 amide bonds. The van der Waals surface area contributed by atoms with Crippen LogP contribution in [0.15, 0.2) is 65.6 Å². The molecule has 0 unspecified atom stereocenters. The molecule has 1 aromatic heterocycles. The summed E-state index contributed by atoms with van der Waals surface area (Å²) in [6.07, 6.45) is 8.27. The minimum absolute atomic E-state index is 0.354. The summed E-state index contributed by atoms with van der Waals surface area (Å²) in [5.41, 5.74) is 3.80. The summed E-state index contributed by atoms with van der Waals surface area (Å²) in [5, 5.41) is 13.1. The number of hydrogen-bond acceptors (Lipinski definition) is 4. The number of allylic oxidation sites excluding steroid dienone is 4. The number of hydrogen-bond donors (Lipinski definition) is 2. The van der Waals surface area contributed by atoms with Crippen molar-refractivity contribution in [3.05, 3.63) is 71.2 Å². The number of nitrogens with one attached hydrogen (secondary N) is 1. The molecule has 0 bridgehead atoms. The summed E-state index contributed by atoms with van der Waals surface area (Å²) >= 11 is 0. The van der Waals surface area contributed by atoms with Crippen molar-refractivity contribution in [3.63, 3.8) is 0 Å². The predicted octanol–water partition coefficient (Wildman–Crippen LogP) is 6.13. The molecule has 0 radical (unpaired) electrons. The van der Waals surface area contributed by atoms with Crippen molar-refractivity contribution in [2.45, 2.75) is 54.0 Å². The van der Waals surface area contributed by atoms with Gasteiger partial charge in [-0.05, 0) is 44.0 Å². The van der Waals surface area contributed by atoms with Crippen molar-refractivity contribution < 1.29 is 9.50 Å². The summed E-state index contributed by atoms with van der Waals surface area (Å²) in [6.45, 7) is 10.2. The van der Waals surface area contributed by atoms with Gasteiger partial charge in [0, 0.05) is 18.9 Å². The molecule has 2 rings (SSSR count). The van der Waals surface area contributed by atoms with Crippen LogP contribution in [0.5, 0.6) is 0 Å². The Morgan fingerprint density at radius 2 is 1.78 bits per heavy atom. The number of benzene rings is 1. The first-order valence-corrected chi connectivity index (χ1v) is 9.32. The maximum atomic E-state index is 14.1. The lowest BCUT2D eigenvalue weighted by molar-refractivity contribution is 0.388. The van der Waals surface area contributed by atoms with Crippen LogP contribution in [0.1, 0.15) is 53.0 Å². The Balaban J connectivity index is 0.00000114. The predicted molar refractivity (Wildman–Crippen MR) is 111 cm³/mol. The molecule has 2 N–H and O–H groups in total.